The number of carbonyl (C=O) groups is 1. The fraction of sp³-hybridized carbons (Fsp3) is 0.417. The van der Waals surface area contributed by atoms with Gasteiger partial charge in [0, 0.05) is 6.07 Å². The molecule has 0 aliphatic rings. The van der Waals surface area contributed by atoms with Gasteiger partial charge in [-0.2, -0.15) is 0 Å². The number of hydrogen-bond acceptors (Lipinski definition) is 3. The number of rotatable bonds is 5. The van der Waals surface area contributed by atoms with Crippen molar-refractivity contribution in [3.63, 3.8) is 0 Å². The third-order valence-corrected chi connectivity index (χ3v) is 2.56. The van der Waals surface area contributed by atoms with Crippen molar-refractivity contribution in [2.24, 2.45) is 5.92 Å². The molecular formula is C12H16O4. The molecule has 88 valence electrons. The number of aryl methyl sites for hydroxylation is 1. The van der Waals surface area contributed by atoms with E-state index in [9.17, 15) is 9.90 Å². The predicted molar refractivity (Wildman–Crippen MR) is 59.8 cm³/mol. The SMILES string of the molecule is COc1ccc(CCC(C)C(=O)O)c(O)c1. The average molecular weight is 224 g/mol. The Morgan fingerprint density at radius 2 is 2.19 bits per heavy atom. The van der Waals surface area contributed by atoms with E-state index in [-0.39, 0.29) is 5.75 Å². The number of aliphatic carboxylic acids is 1. The van der Waals surface area contributed by atoms with Gasteiger partial charge >= 0.3 is 5.97 Å². The molecule has 0 saturated carbocycles. The van der Waals surface area contributed by atoms with E-state index in [1.807, 2.05) is 0 Å². The molecule has 16 heavy (non-hydrogen) atoms. The van der Waals surface area contributed by atoms with E-state index >= 15 is 0 Å². The Balaban J connectivity index is 2.64. The zero-order chi connectivity index (χ0) is 12.1. The molecule has 1 atom stereocenters. The van der Waals surface area contributed by atoms with E-state index < -0.39 is 11.9 Å². The molecule has 0 amide bonds. The van der Waals surface area contributed by atoms with Crippen LogP contribution in [0.4, 0.5) is 0 Å². The monoisotopic (exact) mass is 224 g/mol. The molecule has 0 bridgehead atoms. The number of phenolic OH excluding ortho intramolecular Hbond substituents is 1. The fourth-order valence-electron chi connectivity index (χ4n) is 1.38. The molecule has 1 rings (SSSR count). The van der Waals surface area contributed by atoms with Crippen molar-refractivity contribution in [1.82, 2.24) is 0 Å². The number of benzene rings is 1. The highest BCUT2D eigenvalue weighted by atomic mass is 16.5. The maximum Gasteiger partial charge on any atom is 0.306 e. The van der Waals surface area contributed by atoms with Crippen molar-refractivity contribution < 1.29 is 19.7 Å². The van der Waals surface area contributed by atoms with E-state index in [1.165, 1.54) is 13.2 Å². The maximum absolute atomic E-state index is 10.6. The molecule has 0 spiro atoms. The summed E-state index contributed by atoms with van der Waals surface area (Å²) in [6.07, 6.45) is 1.05. The van der Waals surface area contributed by atoms with Crippen LogP contribution in [0.3, 0.4) is 0 Å². The highest BCUT2D eigenvalue weighted by Gasteiger charge is 2.12. The highest BCUT2D eigenvalue weighted by molar-refractivity contribution is 5.69. The lowest BCUT2D eigenvalue weighted by Crippen LogP contribution is -2.10. The lowest BCUT2D eigenvalue weighted by molar-refractivity contribution is -0.141. The molecule has 0 radical (unpaired) electrons. The number of phenols is 1. The van der Waals surface area contributed by atoms with Crippen LogP contribution in [0.5, 0.6) is 11.5 Å². The van der Waals surface area contributed by atoms with Crippen LogP contribution >= 0.6 is 0 Å². The van der Waals surface area contributed by atoms with E-state index in [0.717, 1.165) is 5.56 Å². The van der Waals surface area contributed by atoms with Gasteiger partial charge in [-0.05, 0) is 24.5 Å². The molecule has 0 aromatic heterocycles. The van der Waals surface area contributed by atoms with Crippen LogP contribution in [0, 0.1) is 5.92 Å². The first kappa shape index (κ1) is 12.4. The van der Waals surface area contributed by atoms with Gasteiger partial charge in [0.2, 0.25) is 0 Å². The van der Waals surface area contributed by atoms with Gasteiger partial charge in [0.25, 0.3) is 0 Å². The molecule has 2 N–H and O–H groups in total. The molecule has 0 saturated heterocycles. The Hall–Kier alpha value is -1.71. The second-order valence-electron chi connectivity index (χ2n) is 3.77. The third kappa shape index (κ3) is 3.15. The summed E-state index contributed by atoms with van der Waals surface area (Å²) in [4.78, 5) is 10.6. The zero-order valence-electron chi connectivity index (χ0n) is 9.43. The minimum atomic E-state index is -0.812. The zero-order valence-corrected chi connectivity index (χ0v) is 9.43. The van der Waals surface area contributed by atoms with E-state index in [2.05, 4.69) is 0 Å². The summed E-state index contributed by atoms with van der Waals surface area (Å²) in [7, 11) is 1.53. The van der Waals surface area contributed by atoms with Crippen LogP contribution in [0.1, 0.15) is 18.9 Å². The van der Waals surface area contributed by atoms with Gasteiger partial charge < -0.3 is 14.9 Å². The first-order valence-corrected chi connectivity index (χ1v) is 5.13. The standard InChI is InChI=1S/C12H16O4/c1-8(12(14)15)3-4-9-5-6-10(16-2)7-11(9)13/h5-8,13H,3-4H2,1-2H3,(H,14,15). The van der Waals surface area contributed by atoms with Gasteiger partial charge in [0.05, 0.1) is 13.0 Å². The Morgan fingerprint density at radius 1 is 1.50 bits per heavy atom. The first-order chi connectivity index (χ1) is 7.54. The van der Waals surface area contributed by atoms with Crippen LogP contribution < -0.4 is 4.74 Å². The van der Waals surface area contributed by atoms with Crippen molar-refractivity contribution >= 4 is 5.97 Å². The Kier molecular flexibility index (Phi) is 4.17. The second kappa shape index (κ2) is 5.39. The molecule has 0 aliphatic carbocycles. The Labute approximate surface area is 94.5 Å². The van der Waals surface area contributed by atoms with Crippen LogP contribution in [0.25, 0.3) is 0 Å². The smallest absolute Gasteiger partial charge is 0.306 e. The minimum absolute atomic E-state index is 0.150. The molecule has 1 aromatic carbocycles. The minimum Gasteiger partial charge on any atom is -0.508 e. The third-order valence-electron chi connectivity index (χ3n) is 2.56. The van der Waals surface area contributed by atoms with Gasteiger partial charge in [0.1, 0.15) is 11.5 Å². The number of methoxy groups -OCH3 is 1. The lowest BCUT2D eigenvalue weighted by atomic mass is 10.0. The van der Waals surface area contributed by atoms with Gasteiger partial charge in [-0.25, -0.2) is 0 Å². The van der Waals surface area contributed by atoms with Crippen LogP contribution in [0.2, 0.25) is 0 Å². The Morgan fingerprint density at radius 3 is 2.69 bits per heavy atom. The largest absolute Gasteiger partial charge is 0.508 e. The number of aromatic hydroxyl groups is 1. The van der Waals surface area contributed by atoms with Gasteiger partial charge in [0.15, 0.2) is 0 Å². The molecule has 0 fully saturated rings. The van der Waals surface area contributed by atoms with Crippen molar-refractivity contribution in [3.8, 4) is 11.5 Å². The van der Waals surface area contributed by atoms with Crippen LogP contribution in [-0.2, 0) is 11.2 Å². The summed E-state index contributed by atoms with van der Waals surface area (Å²) in [6.45, 7) is 1.66. The summed E-state index contributed by atoms with van der Waals surface area (Å²) < 4.78 is 4.96. The highest BCUT2D eigenvalue weighted by Crippen LogP contribution is 2.25. The summed E-state index contributed by atoms with van der Waals surface area (Å²) in [5.41, 5.74) is 0.744. The molecular weight excluding hydrogens is 208 g/mol. The first-order valence-electron chi connectivity index (χ1n) is 5.13. The van der Waals surface area contributed by atoms with Crippen molar-refractivity contribution in [3.05, 3.63) is 23.8 Å². The van der Waals surface area contributed by atoms with Crippen molar-refractivity contribution in [2.45, 2.75) is 19.8 Å². The van der Waals surface area contributed by atoms with E-state index in [1.54, 1.807) is 19.1 Å². The lowest BCUT2D eigenvalue weighted by Gasteiger charge is -2.08. The number of carboxylic acid groups (broad SMARTS) is 1. The van der Waals surface area contributed by atoms with Gasteiger partial charge in [-0.1, -0.05) is 13.0 Å². The summed E-state index contributed by atoms with van der Waals surface area (Å²) in [6, 6.07) is 5.03. The topological polar surface area (TPSA) is 66.8 Å². The Bertz CT molecular complexity index is 373. The summed E-state index contributed by atoms with van der Waals surface area (Å²) in [5, 5.41) is 18.4. The number of ether oxygens (including phenoxy) is 1. The molecule has 4 heteroatoms. The quantitative estimate of drug-likeness (QED) is 0.803. The molecule has 4 nitrogen and oxygen atoms in total. The predicted octanol–water partition coefficient (Wildman–Crippen LogP) is 2.05. The van der Waals surface area contributed by atoms with E-state index in [0.29, 0.717) is 18.6 Å². The van der Waals surface area contributed by atoms with Gasteiger partial charge in [-0.3, -0.25) is 4.79 Å². The fourth-order valence-corrected chi connectivity index (χ4v) is 1.38. The number of carboxylic acids is 1. The van der Waals surface area contributed by atoms with Crippen LogP contribution in [-0.4, -0.2) is 23.3 Å². The summed E-state index contributed by atoms with van der Waals surface area (Å²) in [5.74, 6) is -0.473. The second-order valence-corrected chi connectivity index (χ2v) is 3.77. The van der Waals surface area contributed by atoms with Crippen molar-refractivity contribution in [2.75, 3.05) is 7.11 Å². The average Bonchev–Trinajstić information content (AvgIpc) is 2.26. The van der Waals surface area contributed by atoms with Crippen molar-refractivity contribution in [1.29, 1.82) is 0 Å². The van der Waals surface area contributed by atoms with E-state index in [4.69, 9.17) is 9.84 Å². The van der Waals surface area contributed by atoms with Crippen LogP contribution in [0.15, 0.2) is 18.2 Å². The van der Waals surface area contributed by atoms with Gasteiger partial charge in [-0.15, -0.1) is 0 Å². The summed E-state index contributed by atoms with van der Waals surface area (Å²) >= 11 is 0. The molecule has 1 unspecified atom stereocenters. The molecule has 1 aromatic rings. The maximum atomic E-state index is 10.6. The molecule has 0 aliphatic heterocycles. The normalized spacial score (nSPS) is 12.1. The molecule has 0 heterocycles. The number of hydrogen-bond donors (Lipinski definition) is 2.